The van der Waals surface area contributed by atoms with Crippen LogP contribution in [-0.2, 0) is 14.2 Å². The van der Waals surface area contributed by atoms with Gasteiger partial charge in [-0.1, -0.05) is 0 Å². The van der Waals surface area contributed by atoms with Crippen molar-refractivity contribution in [2.75, 3.05) is 21.3 Å². The lowest BCUT2D eigenvalue weighted by molar-refractivity contribution is -0.268. The van der Waals surface area contributed by atoms with Crippen molar-refractivity contribution in [2.24, 2.45) is 0 Å². The number of alkyl halides is 1. The molecule has 0 aliphatic heterocycles. The normalized spacial score (nSPS) is 10.7. The third-order valence-electron chi connectivity index (χ3n) is 0.731. The van der Waals surface area contributed by atoms with E-state index in [1.807, 2.05) is 22.6 Å². The molecular weight excluding hydrogens is 254 g/mol. The van der Waals surface area contributed by atoms with E-state index in [1.54, 1.807) is 0 Å². The third kappa shape index (κ3) is 4.44. The molecule has 0 aromatic rings. The summed E-state index contributed by atoms with van der Waals surface area (Å²) in [6.07, 6.45) is 0. The van der Waals surface area contributed by atoms with Gasteiger partial charge in [-0.15, -0.1) is 0 Å². The van der Waals surface area contributed by atoms with Crippen molar-refractivity contribution in [3.63, 3.8) is 0 Å². The molecule has 0 aliphatic rings. The first-order chi connectivity index (χ1) is 3.68. The fraction of sp³-hybridized carbons (Fsp3) is 1.00. The molecule has 0 spiro atoms. The van der Waals surface area contributed by atoms with Crippen LogP contribution in [0.2, 0.25) is 0 Å². The summed E-state index contributed by atoms with van der Waals surface area (Å²) < 4.78 is 13.4. The van der Waals surface area contributed by atoms with Crippen LogP contribution in [0.4, 0.5) is 0 Å². The Bertz CT molecular complexity index is 58.6. The Kier molecular flexibility index (Phi) is 8.18. The first-order valence-corrected chi connectivity index (χ1v) is 3.10. The van der Waals surface area contributed by atoms with Crippen LogP contribution >= 0.6 is 32.5 Å². The molecule has 0 N–H and O–H groups in total. The van der Waals surface area contributed by atoms with Gasteiger partial charge in [0.15, 0.2) is 0 Å². The number of methoxy groups -OCH3 is 3. The van der Waals surface area contributed by atoms with E-state index in [-0.39, 0.29) is 9.90 Å². The second-order valence-electron chi connectivity index (χ2n) is 1.09. The van der Waals surface area contributed by atoms with Gasteiger partial charge in [0.05, 0.1) is 0 Å². The largest absolute Gasteiger partial charge is 0.337 e. The number of hydrogen-bond donors (Lipinski definition) is 0. The second-order valence-corrected chi connectivity index (χ2v) is 2.42. The summed E-state index contributed by atoms with van der Waals surface area (Å²) in [5, 5.41) is 0. The Morgan fingerprint density at radius 3 is 1.22 bits per heavy atom. The van der Waals surface area contributed by atoms with Gasteiger partial charge in [0, 0.05) is 43.9 Å². The van der Waals surface area contributed by atoms with Crippen molar-refractivity contribution < 1.29 is 14.2 Å². The predicted octanol–water partition coefficient (Wildman–Crippen LogP) is 1.03. The van der Waals surface area contributed by atoms with E-state index in [0.29, 0.717) is 0 Å². The van der Waals surface area contributed by atoms with Crippen LogP contribution in [0.3, 0.4) is 0 Å². The summed E-state index contributed by atoms with van der Waals surface area (Å²) in [5.41, 5.74) is 0. The summed E-state index contributed by atoms with van der Waals surface area (Å²) in [6, 6.07) is 0. The van der Waals surface area contributed by atoms with Crippen LogP contribution in [0.25, 0.3) is 0 Å². The van der Waals surface area contributed by atoms with E-state index < -0.39 is 3.98 Å². The molecular formula is C4H12IO3P. The summed E-state index contributed by atoms with van der Waals surface area (Å²) in [6.45, 7) is 0. The molecule has 0 rings (SSSR count). The number of halogens is 1. The Hall–Kier alpha value is 1.04. The average molecular weight is 266 g/mol. The fourth-order valence-corrected chi connectivity index (χ4v) is 0.250. The molecule has 0 aromatic heterocycles. The smallest absolute Gasteiger partial charge is 0.323 e. The highest BCUT2D eigenvalue weighted by molar-refractivity contribution is 14.1. The van der Waals surface area contributed by atoms with Crippen LogP contribution in [0.15, 0.2) is 0 Å². The Labute approximate surface area is 72.2 Å². The molecule has 3 nitrogen and oxygen atoms in total. The topological polar surface area (TPSA) is 27.7 Å². The summed E-state index contributed by atoms with van der Waals surface area (Å²) in [4.78, 5) is 0. The maximum Gasteiger partial charge on any atom is 0.337 e. The van der Waals surface area contributed by atoms with E-state index in [4.69, 9.17) is 14.2 Å². The van der Waals surface area contributed by atoms with Gasteiger partial charge in [0.2, 0.25) is 0 Å². The van der Waals surface area contributed by atoms with E-state index in [0.717, 1.165) is 0 Å². The zero-order valence-corrected chi connectivity index (χ0v) is 9.38. The van der Waals surface area contributed by atoms with Crippen LogP contribution in [0.5, 0.6) is 0 Å². The van der Waals surface area contributed by atoms with Gasteiger partial charge in [-0.25, -0.2) is 0 Å². The molecule has 5 heteroatoms. The Morgan fingerprint density at radius 1 is 1.00 bits per heavy atom. The summed E-state index contributed by atoms with van der Waals surface area (Å²) in [5.74, 6) is 0. The van der Waals surface area contributed by atoms with Gasteiger partial charge >= 0.3 is 3.98 Å². The van der Waals surface area contributed by atoms with Gasteiger partial charge in [-0.3, -0.25) is 0 Å². The molecule has 0 saturated carbocycles. The molecule has 0 radical (unpaired) electrons. The molecule has 58 valence electrons. The predicted molar refractivity (Wildman–Crippen MR) is 48.9 cm³/mol. The highest BCUT2D eigenvalue weighted by Crippen LogP contribution is 2.19. The average Bonchev–Trinajstić information content (AvgIpc) is 1.87. The molecule has 0 aromatic carbocycles. The third-order valence-corrected chi connectivity index (χ3v) is 2.05. The zero-order chi connectivity index (χ0) is 6.62. The van der Waals surface area contributed by atoms with Crippen molar-refractivity contribution in [3.8, 4) is 0 Å². The zero-order valence-electron chi connectivity index (χ0n) is 5.81. The summed E-state index contributed by atoms with van der Waals surface area (Å²) >= 11 is 1.90. The van der Waals surface area contributed by atoms with Crippen LogP contribution in [-0.4, -0.2) is 25.3 Å². The highest BCUT2D eigenvalue weighted by Gasteiger charge is 2.23. The number of hydrogen-bond acceptors (Lipinski definition) is 3. The lowest BCUT2D eigenvalue weighted by Gasteiger charge is -2.20. The van der Waals surface area contributed by atoms with E-state index in [2.05, 4.69) is 0 Å². The Balaban J connectivity index is 0. The van der Waals surface area contributed by atoms with Gasteiger partial charge < -0.3 is 14.2 Å². The molecule has 0 bridgehead atoms. The molecule has 1 atom stereocenters. The van der Waals surface area contributed by atoms with Gasteiger partial charge in [-0.2, -0.15) is 9.90 Å². The molecule has 0 heterocycles. The van der Waals surface area contributed by atoms with Gasteiger partial charge in [0.25, 0.3) is 0 Å². The molecule has 0 aliphatic carbocycles. The van der Waals surface area contributed by atoms with Crippen molar-refractivity contribution in [1.29, 1.82) is 0 Å². The molecule has 1 unspecified atom stereocenters. The van der Waals surface area contributed by atoms with Gasteiger partial charge in [0.1, 0.15) is 0 Å². The van der Waals surface area contributed by atoms with E-state index in [1.165, 1.54) is 21.3 Å². The van der Waals surface area contributed by atoms with Crippen molar-refractivity contribution in [3.05, 3.63) is 0 Å². The van der Waals surface area contributed by atoms with Crippen molar-refractivity contribution in [1.82, 2.24) is 0 Å². The monoisotopic (exact) mass is 266 g/mol. The van der Waals surface area contributed by atoms with E-state index >= 15 is 0 Å². The van der Waals surface area contributed by atoms with Crippen molar-refractivity contribution >= 4 is 32.5 Å². The fourth-order valence-electron chi connectivity index (χ4n) is 0.250. The first kappa shape index (κ1) is 12.7. The minimum atomic E-state index is -0.905. The minimum absolute atomic E-state index is 0. The molecule has 9 heavy (non-hydrogen) atoms. The molecule has 0 fully saturated rings. The second kappa shape index (κ2) is 5.80. The molecule has 0 amide bonds. The lowest BCUT2D eigenvalue weighted by Crippen LogP contribution is -2.27. The lowest BCUT2D eigenvalue weighted by atomic mass is 11.2. The SMILES string of the molecule is COC(I)(OC)OC.P. The van der Waals surface area contributed by atoms with Crippen LogP contribution < -0.4 is 0 Å². The standard InChI is InChI=1S/C4H9IO3.H3P/c1-6-4(5,7-2)8-3;/h1-3H3;1H3. The minimum Gasteiger partial charge on any atom is -0.323 e. The maximum atomic E-state index is 4.78. The first-order valence-electron chi connectivity index (χ1n) is 2.03. The number of rotatable bonds is 3. The number of ether oxygens (including phenoxy) is 3. The van der Waals surface area contributed by atoms with Gasteiger partial charge in [-0.05, 0) is 0 Å². The van der Waals surface area contributed by atoms with Crippen molar-refractivity contribution in [2.45, 2.75) is 3.98 Å². The highest BCUT2D eigenvalue weighted by atomic mass is 127. The van der Waals surface area contributed by atoms with Crippen LogP contribution in [0.1, 0.15) is 0 Å². The Morgan fingerprint density at radius 2 is 1.22 bits per heavy atom. The van der Waals surface area contributed by atoms with E-state index in [9.17, 15) is 0 Å². The maximum absolute atomic E-state index is 4.78. The van der Waals surface area contributed by atoms with Crippen LogP contribution in [0, 0.1) is 0 Å². The quantitative estimate of drug-likeness (QED) is 0.330. The molecule has 0 saturated heterocycles. The summed E-state index contributed by atoms with van der Waals surface area (Å²) in [7, 11) is 4.54.